The number of thioether (sulfide) groups is 1. The van der Waals surface area contributed by atoms with Gasteiger partial charge in [-0.2, -0.15) is 11.8 Å². The highest BCUT2D eigenvalue weighted by Gasteiger charge is 2.14. The van der Waals surface area contributed by atoms with Crippen LogP contribution in [0.2, 0.25) is 0 Å². The highest BCUT2D eigenvalue weighted by molar-refractivity contribution is 8.00. The molecule has 20 heavy (non-hydrogen) atoms. The maximum Gasteiger partial charge on any atom is 0.131 e. The molecule has 1 aromatic heterocycles. The van der Waals surface area contributed by atoms with Gasteiger partial charge in [-0.05, 0) is 47.7 Å². The zero-order valence-electron chi connectivity index (χ0n) is 11.3. The Bertz CT molecular complexity index is 548. The molecule has 1 aliphatic rings. The topological polar surface area (TPSA) is 12.0 Å². The van der Waals surface area contributed by atoms with E-state index in [2.05, 4.69) is 17.1 Å². The van der Waals surface area contributed by atoms with Crippen molar-refractivity contribution in [1.82, 2.24) is 5.32 Å². The summed E-state index contributed by atoms with van der Waals surface area (Å²) >= 11 is 3.64. The van der Waals surface area contributed by atoms with Crippen molar-refractivity contribution in [1.29, 1.82) is 0 Å². The van der Waals surface area contributed by atoms with Gasteiger partial charge in [-0.1, -0.05) is 12.1 Å². The lowest BCUT2D eigenvalue weighted by Gasteiger charge is -2.11. The van der Waals surface area contributed by atoms with Gasteiger partial charge in [0.1, 0.15) is 5.82 Å². The molecule has 0 saturated carbocycles. The van der Waals surface area contributed by atoms with Crippen molar-refractivity contribution in [3.05, 3.63) is 47.1 Å². The van der Waals surface area contributed by atoms with E-state index in [0.717, 1.165) is 34.3 Å². The molecule has 2 aromatic rings. The molecule has 106 valence electrons. The third-order valence-corrected chi connectivity index (χ3v) is 5.84. The molecule has 2 heterocycles. The molecule has 1 fully saturated rings. The molecule has 1 aliphatic heterocycles. The maximum absolute atomic E-state index is 13.9. The predicted octanol–water partition coefficient (Wildman–Crippen LogP) is 4.54. The normalized spacial score (nSPS) is 18.6. The van der Waals surface area contributed by atoms with Crippen LogP contribution in [-0.2, 0) is 6.54 Å². The van der Waals surface area contributed by atoms with E-state index in [0.29, 0.717) is 0 Å². The lowest BCUT2D eigenvalue weighted by Crippen LogP contribution is -2.22. The van der Waals surface area contributed by atoms with Crippen LogP contribution in [0.3, 0.4) is 0 Å². The van der Waals surface area contributed by atoms with Gasteiger partial charge in [0.2, 0.25) is 0 Å². The summed E-state index contributed by atoms with van der Waals surface area (Å²) < 4.78 is 13.9. The van der Waals surface area contributed by atoms with Crippen LogP contribution >= 0.6 is 23.1 Å². The van der Waals surface area contributed by atoms with E-state index in [-0.39, 0.29) is 5.82 Å². The van der Waals surface area contributed by atoms with Gasteiger partial charge < -0.3 is 5.32 Å². The highest BCUT2D eigenvalue weighted by Crippen LogP contribution is 2.28. The Morgan fingerprint density at radius 1 is 1.30 bits per heavy atom. The van der Waals surface area contributed by atoms with E-state index in [1.54, 1.807) is 17.4 Å². The molecule has 0 radical (unpaired) electrons. The molecule has 1 saturated heterocycles. The van der Waals surface area contributed by atoms with Gasteiger partial charge in [0.05, 0.1) is 0 Å². The summed E-state index contributed by atoms with van der Waals surface area (Å²) in [4.78, 5) is 0.996. The van der Waals surface area contributed by atoms with E-state index in [1.165, 1.54) is 18.6 Å². The van der Waals surface area contributed by atoms with Gasteiger partial charge in [0.15, 0.2) is 0 Å². The van der Waals surface area contributed by atoms with Crippen molar-refractivity contribution >= 4 is 23.1 Å². The van der Waals surface area contributed by atoms with Crippen molar-refractivity contribution in [2.75, 3.05) is 12.3 Å². The van der Waals surface area contributed by atoms with Crippen molar-refractivity contribution in [2.24, 2.45) is 0 Å². The summed E-state index contributed by atoms with van der Waals surface area (Å²) in [6.45, 7) is 1.87. The third-order valence-electron chi connectivity index (χ3n) is 3.54. The first kappa shape index (κ1) is 14.1. The van der Waals surface area contributed by atoms with Crippen LogP contribution in [0, 0.1) is 5.82 Å². The summed E-state index contributed by atoms with van der Waals surface area (Å²) in [6, 6.07) is 9.35. The number of hydrogen-bond acceptors (Lipinski definition) is 3. The highest BCUT2D eigenvalue weighted by atomic mass is 32.2. The fourth-order valence-corrected chi connectivity index (χ4v) is 4.47. The summed E-state index contributed by atoms with van der Waals surface area (Å²) in [5.41, 5.74) is 1.87. The van der Waals surface area contributed by atoms with E-state index in [1.807, 2.05) is 29.6 Å². The van der Waals surface area contributed by atoms with Crippen molar-refractivity contribution in [3.63, 3.8) is 0 Å². The molecule has 0 spiro atoms. The van der Waals surface area contributed by atoms with Gasteiger partial charge in [0.25, 0.3) is 0 Å². The van der Waals surface area contributed by atoms with Gasteiger partial charge in [-0.15, -0.1) is 11.3 Å². The molecule has 1 unspecified atom stereocenters. The predicted molar refractivity (Wildman–Crippen MR) is 86.9 cm³/mol. The molecule has 0 aliphatic carbocycles. The fraction of sp³-hybridized carbons (Fsp3) is 0.375. The molecule has 3 rings (SSSR count). The first-order valence-electron chi connectivity index (χ1n) is 6.97. The molecule has 0 bridgehead atoms. The van der Waals surface area contributed by atoms with Crippen LogP contribution in [0.25, 0.3) is 10.4 Å². The molecular formula is C16H18FNS2. The van der Waals surface area contributed by atoms with E-state index < -0.39 is 0 Å². The number of rotatable bonds is 5. The molecular weight excluding hydrogens is 289 g/mol. The summed E-state index contributed by atoms with van der Waals surface area (Å²) in [5, 5.41) is 6.24. The number of hydrogen-bond donors (Lipinski definition) is 1. The van der Waals surface area contributed by atoms with E-state index >= 15 is 0 Å². The molecule has 0 amide bonds. The van der Waals surface area contributed by atoms with Crippen LogP contribution < -0.4 is 5.32 Å². The Morgan fingerprint density at radius 2 is 2.25 bits per heavy atom. The number of thiophene rings is 1. The number of nitrogens with one attached hydrogen (secondary N) is 1. The molecule has 1 aromatic carbocycles. The minimum atomic E-state index is -0.137. The Labute approximate surface area is 127 Å². The molecule has 4 heteroatoms. The van der Waals surface area contributed by atoms with Crippen LogP contribution in [0.4, 0.5) is 4.39 Å². The maximum atomic E-state index is 13.9. The monoisotopic (exact) mass is 307 g/mol. The molecule has 1 atom stereocenters. The van der Waals surface area contributed by atoms with E-state index in [9.17, 15) is 4.39 Å². The largest absolute Gasteiger partial charge is 0.312 e. The van der Waals surface area contributed by atoms with Crippen molar-refractivity contribution in [2.45, 2.75) is 24.6 Å². The second-order valence-electron chi connectivity index (χ2n) is 5.06. The van der Waals surface area contributed by atoms with Crippen LogP contribution in [0.15, 0.2) is 35.7 Å². The zero-order valence-corrected chi connectivity index (χ0v) is 12.9. The lowest BCUT2D eigenvalue weighted by atomic mass is 10.1. The smallest absolute Gasteiger partial charge is 0.131 e. The second-order valence-corrected chi connectivity index (χ2v) is 7.41. The van der Waals surface area contributed by atoms with Crippen LogP contribution in [-0.4, -0.2) is 17.5 Å². The van der Waals surface area contributed by atoms with Gasteiger partial charge in [0, 0.05) is 28.8 Å². The van der Waals surface area contributed by atoms with Gasteiger partial charge >= 0.3 is 0 Å². The van der Waals surface area contributed by atoms with Crippen LogP contribution in [0.1, 0.15) is 18.4 Å². The number of halogens is 1. The summed E-state index contributed by atoms with van der Waals surface area (Å²) in [6.07, 6.45) is 2.66. The standard InChI is InChI=1S/C16H18FNS2/c17-15-6-5-12(9-14(15)16-4-2-8-20-16)10-18-11-13-3-1-7-19-13/h2,4-6,8-9,13,18H,1,3,7,10-11H2. The lowest BCUT2D eigenvalue weighted by molar-refractivity contribution is 0.626. The summed E-state index contributed by atoms with van der Waals surface area (Å²) in [7, 11) is 0. The summed E-state index contributed by atoms with van der Waals surface area (Å²) in [5.74, 6) is 1.16. The van der Waals surface area contributed by atoms with Crippen LogP contribution in [0.5, 0.6) is 0 Å². The minimum Gasteiger partial charge on any atom is -0.312 e. The van der Waals surface area contributed by atoms with E-state index in [4.69, 9.17) is 0 Å². The number of benzene rings is 1. The minimum absolute atomic E-state index is 0.137. The first-order chi connectivity index (χ1) is 9.83. The Morgan fingerprint density at radius 3 is 3.00 bits per heavy atom. The molecule has 1 N–H and O–H groups in total. The SMILES string of the molecule is Fc1ccc(CNCC2CCCS2)cc1-c1cccs1. The Kier molecular flexibility index (Phi) is 4.76. The molecule has 1 nitrogen and oxygen atoms in total. The van der Waals surface area contributed by atoms with Gasteiger partial charge in [-0.3, -0.25) is 0 Å². The Hall–Kier alpha value is -0.840. The second kappa shape index (κ2) is 6.74. The fourth-order valence-electron chi connectivity index (χ4n) is 2.49. The third kappa shape index (κ3) is 3.43. The average molecular weight is 307 g/mol. The first-order valence-corrected chi connectivity index (χ1v) is 8.90. The average Bonchev–Trinajstić information content (AvgIpc) is 3.13. The quantitative estimate of drug-likeness (QED) is 0.870. The Balaban J connectivity index is 1.63. The van der Waals surface area contributed by atoms with Crippen molar-refractivity contribution < 1.29 is 4.39 Å². The van der Waals surface area contributed by atoms with Crippen molar-refractivity contribution in [3.8, 4) is 10.4 Å². The zero-order chi connectivity index (χ0) is 13.8. The van der Waals surface area contributed by atoms with Gasteiger partial charge in [-0.25, -0.2) is 4.39 Å².